The van der Waals surface area contributed by atoms with Crippen molar-refractivity contribution in [3.63, 3.8) is 0 Å². The normalized spacial score (nSPS) is 14.5. The van der Waals surface area contributed by atoms with Crippen LogP contribution in [0.5, 0.6) is 0 Å². The fourth-order valence-corrected chi connectivity index (χ4v) is 1.28. The Kier molecular flexibility index (Phi) is 3.08. The number of nitrogens with one attached hydrogen (secondary N) is 2. The van der Waals surface area contributed by atoms with Gasteiger partial charge < -0.3 is 16.4 Å². The van der Waals surface area contributed by atoms with Crippen LogP contribution in [-0.2, 0) is 4.79 Å². The Bertz CT molecular complexity index is 448. The van der Waals surface area contributed by atoms with E-state index in [1.807, 2.05) is 0 Å². The summed E-state index contributed by atoms with van der Waals surface area (Å²) in [6.07, 6.45) is 1.95. The minimum Gasteiger partial charge on any atom is -0.381 e. The number of hydrogen-bond donors (Lipinski definition) is 3. The van der Waals surface area contributed by atoms with Gasteiger partial charge in [-0.3, -0.25) is 4.79 Å². The van der Waals surface area contributed by atoms with Crippen molar-refractivity contribution in [3.8, 4) is 0 Å². The molecule has 0 bridgehead atoms. The first-order valence-corrected chi connectivity index (χ1v) is 5.21. The van der Waals surface area contributed by atoms with Gasteiger partial charge in [-0.2, -0.15) is 0 Å². The maximum atomic E-state index is 13.2. The molecule has 4 N–H and O–H groups in total. The van der Waals surface area contributed by atoms with Crippen LogP contribution in [0.4, 0.5) is 20.4 Å². The summed E-state index contributed by atoms with van der Waals surface area (Å²) in [5.74, 6) is -2.69. The van der Waals surface area contributed by atoms with Gasteiger partial charge in [0.1, 0.15) is 0 Å². The van der Waals surface area contributed by atoms with Gasteiger partial charge in [0, 0.05) is 12.1 Å². The first kappa shape index (κ1) is 11.6. The number of nitrogen functional groups attached to an aromatic ring is 1. The van der Waals surface area contributed by atoms with Crippen LogP contribution in [-0.4, -0.2) is 23.5 Å². The molecule has 1 aliphatic rings. The van der Waals surface area contributed by atoms with Crippen LogP contribution in [0.25, 0.3) is 0 Å². The molecule has 0 spiro atoms. The number of carbonyl (C=O) groups excluding carboxylic acids is 1. The summed E-state index contributed by atoms with van der Waals surface area (Å²) >= 11 is 0. The van der Waals surface area contributed by atoms with E-state index in [1.165, 1.54) is 0 Å². The molecule has 7 heteroatoms. The fourth-order valence-electron chi connectivity index (χ4n) is 1.28. The van der Waals surface area contributed by atoms with Crippen LogP contribution in [0, 0.1) is 11.6 Å². The number of amides is 1. The largest absolute Gasteiger partial charge is 0.381 e. The topological polar surface area (TPSA) is 80.0 Å². The van der Waals surface area contributed by atoms with Crippen molar-refractivity contribution in [1.29, 1.82) is 0 Å². The third kappa shape index (κ3) is 3.02. The molecule has 1 aliphatic carbocycles. The Balaban J connectivity index is 1.93. The Morgan fingerprint density at radius 3 is 2.82 bits per heavy atom. The highest BCUT2D eigenvalue weighted by Crippen LogP contribution is 2.19. The fraction of sp³-hybridized carbons (Fsp3) is 0.400. The SMILES string of the molecule is Nc1nc(NCC(=O)NC2CC2)c(F)cc1F. The van der Waals surface area contributed by atoms with Crippen molar-refractivity contribution in [3.05, 3.63) is 17.7 Å². The summed E-state index contributed by atoms with van der Waals surface area (Å²) in [6, 6.07) is 0.865. The van der Waals surface area contributed by atoms with Crippen LogP contribution >= 0.6 is 0 Å². The number of carbonyl (C=O) groups is 1. The third-order valence-electron chi connectivity index (χ3n) is 2.32. The lowest BCUT2D eigenvalue weighted by Crippen LogP contribution is -2.31. The lowest BCUT2D eigenvalue weighted by atomic mass is 10.4. The summed E-state index contributed by atoms with van der Waals surface area (Å²) in [4.78, 5) is 14.8. The summed E-state index contributed by atoms with van der Waals surface area (Å²) in [7, 11) is 0. The van der Waals surface area contributed by atoms with Gasteiger partial charge >= 0.3 is 0 Å². The van der Waals surface area contributed by atoms with Crippen molar-refractivity contribution in [2.24, 2.45) is 0 Å². The second-order valence-electron chi connectivity index (χ2n) is 3.88. The predicted octanol–water partition coefficient (Wildman–Crippen LogP) is 0.632. The molecule has 0 saturated heterocycles. The highest BCUT2D eigenvalue weighted by molar-refractivity contribution is 5.81. The van der Waals surface area contributed by atoms with Gasteiger partial charge in [-0.1, -0.05) is 0 Å². The summed E-state index contributed by atoms with van der Waals surface area (Å²) in [5.41, 5.74) is 5.19. The van der Waals surface area contributed by atoms with E-state index in [-0.39, 0.29) is 24.3 Å². The first-order chi connectivity index (χ1) is 8.06. The molecule has 0 unspecified atom stereocenters. The molecule has 1 fully saturated rings. The second-order valence-corrected chi connectivity index (χ2v) is 3.88. The van der Waals surface area contributed by atoms with Crippen molar-refractivity contribution in [2.45, 2.75) is 18.9 Å². The van der Waals surface area contributed by atoms with Crippen LogP contribution < -0.4 is 16.4 Å². The number of nitrogens with zero attached hydrogens (tertiary/aromatic N) is 1. The monoisotopic (exact) mass is 242 g/mol. The molecule has 17 heavy (non-hydrogen) atoms. The highest BCUT2D eigenvalue weighted by Gasteiger charge is 2.23. The molecule has 0 aromatic carbocycles. The number of anilines is 2. The van der Waals surface area contributed by atoms with E-state index in [0.29, 0.717) is 6.07 Å². The third-order valence-corrected chi connectivity index (χ3v) is 2.32. The molecule has 1 saturated carbocycles. The van der Waals surface area contributed by atoms with Crippen LogP contribution in [0.15, 0.2) is 6.07 Å². The molecule has 2 rings (SSSR count). The molecule has 0 atom stereocenters. The Labute approximate surface area is 96.4 Å². The number of rotatable bonds is 4. The van der Waals surface area contributed by atoms with E-state index in [9.17, 15) is 13.6 Å². The zero-order valence-electron chi connectivity index (χ0n) is 8.96. The Morgan fingerprint density at radius 1 is 1.47 bits per heavy atom. The zero-order valence-corrected chi connectivity index (χ0v) is 8.96. The van der Waals surface area contributed by atoms with Crippen LogP contribution in [0.3, 0.4) is 0 Å². The molecule has 1 aromatic heterocycles. The van der Waals surface area contributed by atoms with E-state index in [1.54, 1.807) is 0 Å². The van der Waals surface area contributed by atoms with Gasteiger partial charge in [-0.15, -0.1) is 0 Å². The maximum Gasteiger partial charge on any atom is 0.239 e. The number of halogens is 2. The van der Waals surface area contributed by atoms with Crippen molar-refractivity contribution in [2.75, 3.05) is 17.6 Å². The number of hydrogen-bond acceptors (Lipinski definition) is 4. The van der Waals surface area contributed by atoms with Gasteiger partial charge in [0.05, 0.1) is 6.54 Å². The maximum absolute atomic E-state index is 13.2. The summed E-state index contributed by atoms with van der Waals surface area (Å²) < 4.78 is 26.0. The van der Waals surface area contributed by atoms with Crippen molar-refractivity contribution < 1.29 is 13.6 Å². The van der Waals surface area contributed by atoms with Gasteiger partial charge in [-0.25, -0.2) is 13.8 Å². The molecular formula is C10H12F2N4O. The van der Waals surface area contributed by atoms with E-state index < -0.39 is 17.5 Å². The van der Waals surface area contributed by atoms with E-state index in [4.69, 9.17) is 5.73 Å². The van der Waals surface area contributed by atoms with E-state index in [2.05, 4.69) is 15.6 Å². The van der Waals surface area contributed by atoms with Crippen molar-refractivity contribution in [1.82, 2.24) is 10.3 Å². The molecule has 1 aromatic rings. The molecule has 5 nitrogen and oxygen atoms in total. The zero-order chi connectivity index (χ0) is 12.4. The molecule has 0 radical (unpaired) electrons. The quantitative estimate of drug-likeness (QED) is 0.723. The molecule has 0 aliphatic heterocycles. The molecule has 1 amide bonds. The standard InChI is InChI=1S/C10H12F2N4O/c11-6-3-7(12)10(16-9(6)13)14-4-8(17)15-5-1-2-5/h3,5H,1-2,4H2,(H,15,17)(H3,13,14,16). The molecular weight excluding hydrogens is 230 g/mol. The molecule has 92 valence electrons. The summed E-state index contributed by atoms with van der Waals surface area (Å²) in [6.45, 7) is -0.120. The Hall–Kier alpha value is -1.92. The minimum absolute atomic E-state index is 0.120. The average Bonchev–Trinajstić information content (AvgIpc) is 3.05. The molecule has 1 heterocycles. The summed E-state index contributed by atoms with van der Waals surface area (Å²) in [5, 5.41) is 5.18. The predicted molar refractivity (Wildman–Crippen MR) is 58.2 cm³/mol. The lowest BCUT2D eigenvalue weighted by Gasteiger charge is -2.08. The number of pyridine rings is 1. The minimum atomic E-state index is -0.921. The van der Waals surface area contributed by atoms with Gasteiger partial charge in [0.25, 0.3) is 0 Å². The van der Waals surface area contributed by atoms with E-state index >= 15 is 0 Å². The van der Waals surface area contributed by atoms with Gasteiger partial charge in [0.15, 0.2) is 23.3 Å². The van der Waals surface area contributed by atoms with Gasteiger partial charge in [0.2, 0.25) is 5.91 Å². The lowest BCUT2D eigenvalue weighted by molar-refractivity contribution is -0.119. The van der Waals surface area contributed by atoms with Crippen LogP contribution in [0.1, 0.15) is 12.8 Å². The van der Waals surface area contributed by atoms with Gasteiger partial charge in [-0.05, 0) is 12.8 Å². The number of nitrogens with two attached hydrogens (primary N) is 1. The second kappa shape index (κ2) is 4.52. The van der Waals surface area contributed by atoms with Crippen LogP contribution in [0.2, 0.25) is 0 Å². The smallest absolute Gasteiger partial charge is 0.239 e. The Morgan fingerprint density at radius 2 is 2.18 bits per heavy atom. The number of aromatic nitrogens is 1. The highest BCUT2D eigenvalue weighted by atomic mass is 19.1. The van der Waals surface area contributed by atoms with Crippen molar-refractivity contribution >= 4 is 17.5 Å². The first-order valence-electron chi connectivity index (χ1n) is 5.21. The average molecular weight is 242 g/mol. The van der Waals surface area contributed by atoms with E-state index in [0.717, 1.165) is 12.8 Å².